The quantitative estimate of drug-likeness (QED) is 0.161. The molecule has 3 N–H and O–H groups in total. The Labute approximate surface area is 274 Å². The number of anilines is 1. The van der Waals surface area contributed by atoms with Crippen molar-refractivity contribution in [2.45, 2.75) is 89.5 Å². The summed E-state index contributed by atoms with van der Waals surface area (Å²) in [4.78, 5) is 3.16. The molecule has 0 radical (unpaired) electrons. The molecule has 3 heterocycles. The molecule has 0 atom stereocenters. The van der Waals surface area contributed by atoms with Gasteiger partial charge in [0.1, 0.15) is 0 Å². The van der Waals surface area contributed by atoms with Gasteiger partial charge in [-0.15, -0.1) is 0 Å². The Morgan fingerprint density at radius 2 is 1.09 bits per heavy atom. The van der Waals surface area contributed by atoms with E-state index >= 15 is 0 Å². The van der Waals surface area contributed by atoms with E-state index in [2.05, 4.69) is 109 Å². The van der Waals surface area contributed by atoms with Crippen molar-refractivity contribution in [3.63, 3.8) is 0 Å². The van der Waals surface area contributed by atoms with E-state index in [-0.39, 0.29) is 0 Å². The maximum Gasteiger partial charge on any atom is 0.0652 e. The van der Waals surface area contributed by atoms with Gasteiger partial charge in [0.2, 0.25) is 0 Å². The number of aromatic amines is 2. The lowest BCUT2D eigenvalue weighted by molar-refractivity contribution is 1.09. The minimum Gasteiger partial charge on any atom is -0.384 e. The lowest BCUT2D eigenvalue weighted by Gasteiger charge is -2.00. The Bertz CT molecular complexity index is 1470. The van der Waals surface area contributed by atoms with Gasteiger partial charge in [0, 0.05) is 34.7 Å². The van der Waals surface area contributed by atoms with Crippen LogP contribution in [-0.2, 0) is 6.42 Å². The fourth-order valence-electron chi connectivity index (χ4n) is 4.41. The van der Waals surface area contributed by atoms with Gasteiger partial charge in [0.15, 0.2) is 0 Å². The van der Waals surface area contributed by atoms with Crippen molar-refractivity contribution in [3.05, 3.63) is 131 Å². The van der Waals surface area contributed by atoms with Crippen LogP contribution in [0, 0.1) is 27.7 Å². The predicted octanol–water partition coefficient (Wildman–Crippen LogP) is 12.4. The molecule has 0 saturated heterocycles. The van der Waals surface area contributed by atoms with E-state index in [0.717, 1.165) is 12.1 Å². The Morgan fingerprint density at radius 3 is 1.62 bits per heavy atom. The van der Waals surface area contributed by atoms with Gasteiger partial charge in [-0.1, -0.05) is 128 Å². The number of benzene rings is 4. The molecule has 0 fully saturated rings. The molecular formula is C41H60N4. The summed E-state index contributed by atoms with van der Waals surface area (Å²) < 4.78 is 0. The van der Waals surface area contributed by atoms with Crippen LogP contribution < -0.4 is 5.32 Å². The molecule has 1 aliphatic rings. The van der Waals surface area contributed by atoms with E-state index in [1.807, 2.05) is 98.1 Å². The first-order chi connectivity index (χ1) is 22.0. The molecule has 7 rings (SSSR count). The summed E-state index contributed by atoms with van der Waals surface area (Å²) in [5.74, 6) is 0. The van der Waals surface area contributed by atoms with Crippen LogP contribution in [0.2, 0.25) is 0 Å². The van der Waals surface area contributed by atoms with Crippen molar-refractivity contribution in [3.8, 4) is 0 Å². The van der Waals surface area contributed by atoms with Crippen LogP contribution in [-0.4, -0.2) is 21.7 Å². The van der Waals surface area contributed by atoms with Crippen LogP contribution in [0.5, 0.6) is 0 Å². The minimum absolute atomic E-state index is 1.11. The minimum atomic E-state index is 1.11. The van der Waals surface area contributed by atoms with Crippen LogP contribution in [0.3, 0.4) is 0 Å². The fourth-order valence-corrected chi connectivity index (χ4v) is 4.41. The fraction of sp³-hybridized carbons (Fsp3) is 0.341. The van der Waals surface area contributed by atoms with Crippen LogP contribution in [0.25, 0.3) is 21.8 Å². The number of nitrogens with zero attached hydrogens (tertiary/aromatic N) is 1. The molecular weight excluding hydrogens is 548 g/mol. The molecule has 0 spiro atoms. The normalized spacial score (nSPS) is 9.78. The van der Waals surface area contributed by atoms with Crippen LogP contribution >= 0.6 is 0 Å². The van der Waals surface area contributed by atoms with E-state index in [0.29, 0.717) is 0 Å². The highest BCUT2D eigenvalue weighted by Gasteiger charge is 2.09. The van der Waals surface area contributed by atoms with Crippen molar-refractivity contribution in [2.75, 3.05) is 11.9 Å². The van der Waals surface area contributed by atoms with Crippen molar-refractivity contribution < 1.29 is 0 Å². The third kappa shape index (κ3) is 13.9. The second-order valence-electron chi connectivity index (χ2n) is 9.35. The average Bonchev–Trinajstić information content (AvgIpc) is 3.89. The lowest BCUT2D eigenvalue weighted by Crippen LogP contribution is -1.90. The zero-order valence-corrected chi connectivity index (χ0v) is 30.2. The maximum atomic E-state index is 3.94. The molecule has 2 aromatic heterocycles. The van der Waals surface area contributed by atoms with E-state index in [9.17, 15) is 0 Å². The van der Waals surface area contributed by atoms with Crippen molar-refractivity contribution >= 4 is 27.5 Å². The number of aromatic nitrogens is 3. The van der Waals surface area contributed by atoms with E-state index < -0.39 is 0 Å². The van der Waals surface area contributed by atoms with Gasteiger partial charge < -0.3 is 10.3 Å². The first kappa shape index (κ1) is 40.7. The summed E-state index contributed by atoms with van der Waals surface area (Å²) in [6.07, 6.45) is 5.02. The molecule has 4 heteroatoms. The molecule has 0 bridgehead atoms. The first-order valence-corrected chi connectivity index (χ1v) is 16.8. The summed E-state index contributed by atoms with van der Waals surface area (Å²) in [7, 11) is 0. The third-order valence-electron chi connectivity index (χ3n) is 6.56. The third-order valence-corrected chi connectivity index (χ3v) is 6.56. The van der Waals surface area contributed by atoms with Crippen molar-refractivity contribution in [1.29, 1.82) is 0 Å². The largest absolute Gasteiger partial charge is 0.384 e. The van der Waals surface area contributed by atoms with Crippen LogP contribution in [0.1, 0.15) is 83.2 Å². The number of aryl methyl sites for hydroxylation is 4. The van der Waals surface area contributed by atoms with Crippen molar-refractivity contribution in [1.82, 2.24) is 15.2 Å². The van der Waals surface area contributed by atoms with E-state index in [4.69, 9.17) is 0 Å². The molecule has 6 aromatic rings. The summed E-state index contributed by atoms with van der Waals surface area (Å²) >= 11 is 0. The molecule has 4 aromatic carbocycles. The van der Waals surface area contributed by atoms with Crippen LogP contribution in [0.4, 0.5) is 5.69 Å². The highest BCUT2D eigenvalue weighted by atomic mass is 15.1. The van der Waals surface area contributed by atoms with Gasteiger partial charge in [-0.2, -0.15) is 5.10 Å². The highest BCUT2D eigenvalue weighted by Crippen LogP contribution is 2.24. The number of rotatable bonds is 0. The summed E-state index contributed by atoms with van der Waals surface area (Å²) in [6.45, 7) is 25.6. The van der Waals surface area contributed by atoms with E-state index in [1.165, 1.54) is 56.2 Å². The van der Waals surface area contributed by atoms with Crippen molar-refractivity contribution in [2.24, 2.45) is 0 Å². The number of hydrogen-bond acceptors (Lipinski definition) is 2. The van der Waals surface area contributed by atoms with E-state index in [1.54, 1.807) is 0 Å². The van der Waals surface area contributed by atoms with Gasteiger partial charge in [-0.05, 0) is 80.6 Å². The SMILES string of the molecule is CC.CC.CC.CC.Cc1cccc2[nH]ccc12.Cc1cccc2[nH]ncc12.Cc1cccc2c1CCN2.Cc1ccccc1. The summed E-state index contributed by atoms with van der Waals surface area (Å²) in [5.41, 5.74) is 10.5. The average molecular weight is 609 g/mol. The summed E-state index contributed by atoms with van der Waals surface area (Å²) in [6, 6.07) is 31.2. The Kier molecular flexibility index (Phi) is 22.7. The Hall–Kier alpha value is -4.31. The molecule has 1 aliphatic heterocycles. The second kappa shape index (κ2) is 25.1. The molecule has 4 nitrogen and oxygen atoms in total. The first-order valence-electron chi connectivity index (χ1n) is 16.8. The van der Waals surface area contributed by atoms with Gasteiger partial charge in [-0.3, -0.25) is 5.10 Å². The maximum absolute atomic E-state index is 3.94. The molecule has 0 aliphatic carbocycles. The number of H-pyrrole nitrogens is 2. The number of nitrogens with one attached hydrogen (secondary N) is 3. The Balaban J connectivity index is 0.000000537. The summed E-state index contributed by atoms with van der Waals surface area (Å²) in [5, 5.41) is 12.7. The number of fused-ring (bicyclic) bond motifs is 3. The standard InChI is InChI=1S/C9H11N.C9H9N.C8H8N2.C7H8.4C2H6/c2*1-7-3-2-4-9-8(7)5-6-10-9;1-6-3-2-4-8-7(6)5-9-10-8;1-7-5-3-2-4-6-7;4*1-2/h2-4,10H,5-6H2,1H3;2-6,10H,1H3;2-5H,1H3,(H,9,10);2-6H,1H3;4*1-2H3. The predicted molar refractivity (Wildman–Crippen MR) is 204 cm³/mol. The smallest absolute Gasteiger partial charge is 0.0652 e. The number of hydrogen-bond donors (Lipinski definition) is 3. The molecule has 244 valence electrons. The van der Waals surface area contributed by atoms with Gasteiger partial charge in [-0.25, -0.2) is 0 Å². The second-order valence-corrected chi connectivity index (χ2v) is 9.35. The van der Waals surface area contributed by atoms with Gasteiger partial charge in [0.25, 0.3) is 0 Å². The topological polar surface area (TPSA) is 56.5 Å². The zero-order chi connectivity index (χ0) is 34.0. The molecule has 0 saturated carbocycles. The zero-order valence-electron chi connectivity index (χ0n) is 30.2. The monoisotopic (exact) mass is 608 g/mol. The van der Waals surface area contributed by atoms with Gasteiger partial charge >= 0.3 is 0 Å². The molecule has 0 amide bonds. The van der Waals surface area contributed by atoms with Crippen LogP contribution in [0.15, 0.2) is 103 Å². The van der Waals surface area contributed by atoms with Gasteiger partial charge in [0.05, 0.1) is 11.7 Å². The molecule has 0 unspecified atom stereocenters. The Morgan fingerprint density at radius 1 is 0.533 bits per heavy atom. The lowest BCUT2D eigenvalue weighted by atomic mass is 10.1. The highest BCUT2D eigenvalue weighted by molar-refractivity contribution is 5.82. The molecule has 45 heavy (non-hydrogen) atoms.